The third-order valence-electron chi connectivity index (χ3n) is 4.09. The summed E-state index contributed by atoms with van der Waals surface area (Å²) < 4.78 is 0. The van der Waals surface area contributed by atoms with Crippen LogP contribution in [0.25, 0.3) is 0 Å². The van der Waals surface area contributed by atoms with Gasteiger partial charge in [-0.25, -0.2) is 9.86 Å². The van der Waals surface area contributed by atoms with Crippen LogP contribution < -0.4 is 0 Å². The minimum atomic E-state index is -0.652. The van der Waals surface area contributed by atoms with Crippen molar-refractivity contribution < 1.29 is 19.6 Å². The molecule has 0 saturated carbocycles. The molecule has 2 amide bonds. The maximum Gasteiger partial charge on any atom is 0.263 e. The van der Waals surface area contributed by atoms with E-state index in [-0.39, 0.29) is 13.0 Å². The first-order chi connectivity index (χ1) is 12.2. The van der Waals surface area contributed by atoms with Crippen molar-refractivity contribution in [2.45, 2.75) is 78.7 Å². The van der Waals surface area contributed by atoms with E-state index in [9.17, 15) is 19.6 Å². The largest absolute Gasteiger partial charge is 0.286 e. The summed E-state index contributed by atoms with van der Waals surface area (Å²) in [5, 5.41) is 16.5. The standard InChI is InChI=1S/C18H34N4O4/c1-6-8-10-11-16(13-20(26)15-24)17(25)22(19-14-23)21(12-9-7-2)18(3,4)5/h15-16,26H,6-13H2,1-5H3. The van der Waals surface area contributed by atoms with Gasteiger partial charge in [0.05, 0.1) is 12.5 Å². The number of unbranched alkanes of at least 4 members (excludes halogenated alkanes) is 3. The molecule has 8 nitrogen and oxygen atoms in total. The van der Waals surface area contributed by atoms with Crippen LogP contribution in [0.5, 0.6) is 0 Å². The van der Waals surface area contributed by atoms with E-state index in [0.717, 1.165) is 37.2 Å². The van der Waals surface area contributed by atoms with E-state index in [2.05, 4.69) is 12.0 Å². The highest BCUT2D eigenvalue weighted by molar-refractivity contribution is 5.79. The molecule has 0 aliphatic heterocycles. The van der Waals surface area contributed by atoms with Crippen LogP contribution in [0.2, 0.25) is 0 Å². The highest BCUT2D eigenvalue weighted by Gasteiger charge is 2.35. The van der Waals surface area contributed by atoms with Crippen LogP contribution in [0.3, 0.4) is 0 Å². The minimum absolute atomic E-state index is 0.136. The number of hydrogen-bond acceptors (Lipinski definition) is 6. The fourth-order valence-corrected chi connectivity index (χ4v) is 2.65. The molecule has 0 saturated heterocycles. The van der Waals surface area contributed by atoms with Crippen LogP contribution in [-0.4, -0.2) is 57.4 Å². The van der Waals surface area contributed by atoms with Gasteiger partial charge in [0, 0.05) is 12.1 Å². The number of isocyanates is 1. The number of carbonyl (C=O) groups is 2. The second-order valence-electron chi connectivity index (χ2n) is 7.39. The Hall–Kier alpha value is -1.76. The lowest BCUT2D eigenvalue weighted by Crippen LogP contribution is -2.55. The van der Waals surface area contributed by atoms with Gasteiger partial charge in [0.15, 0.2) is 0 Å². The van der Waals surface area contributed by atoms with E-state index in [1.165, 1.54) is 6.08 Å². The number of rotatable bonds is 13. The van der Waals surface area contributed by atoms with Crippen LogP contribution in [0.1, 0.15) is 73.1 Å². The fourth-order valence-electron chi connectivity index (χ4n) is 2.65. The lowest BCUT2D eigenvalue weighted by Gasteiger charge is -2.41. The molecule has 26 heavy (non-hydrogen) atoms. The Kier molecular flexibility index (Phi) is 11.7. The molecule has 0 bridgehead atoms. The Labute approximate surface area is 156 Å². The average Bonchev–Trinajstić information content (AvgIpc) is 2.58. The lowest BCUT2D eigenvalue weighted by atomic mass is 10.00. The Morgan fingerprint density at radius 2 is 1.81 bits per heavy atom. The van der Waals surface area contributed by atoms with Crippen LogP contribution in [0.15, 0.2) is 5.10 Å². The highest BCUT2D eigenvalue weighted by atomic mass is 16.5. The molecular weight excluding hydrogens is 336 g/mol. The SMILES string of the molecule is CCCCCC(CN(O)C=O)C(=O)N(N=C=O)N(CCCC)C(C)(C)C. The van der Waals surface area contributed by atoms with Gasteiger partial charge in [-0.2, -0.15) is 5.01 Å². The van der Waals surface area contributed by atoms with Crippen molar-refractivity contribution >= 4 is 18.4 Å². The Morgan fingerprint density at radius 1 is 1.19 bits per heavy atom. The third kappa shape index (κ3) is 8.56. The summed E-state index contributed by atoms with van der Waals surface area (Å²) in [5.74, 6) is -1.07. The van der Waals surface area contributed by atoms with Gasteiger partial charge >= 0.3 is 0 Å². The second kappa shape index (κ2) is 12.6. The van der Waals surface area contributed by atoms with Crippen molar-refractivity contribution in [1.82, 2.24) is 15.2 Å². The molecule has 0 heterocycles. The summed E-state index contributed by atoms with van der Waals surface area (Å²) in [6.07, 6.45) is 6.68. The first-order valence-electron chi connectivity index (χ1n) is 9.32. The Morgan fingerprint density at radius 3 is 2.27 bits per heavy atom. The van der Waals surface area contributed by atoms with Gasteiger partial charge in [-0.05, 0) is 33.6 Å². The first kappa shape index (κ1) is 24.2. The fraction of sp³-hybridized carbons (Fsp3) is 0.833. The quantitative estimate of drug-likeness (QED) is 0.134. The minimum Gasteiger partial charge on any atom is -0.286 e. The summed E-state index contributed by atoms with van der Waals surface area (Å²) in [6.45, 7) is 10.3. The van der Waals surface area contributed by atoms with Crippen LogP contribution in [-0.2, 0) is 14.4 Å². The Bertz CT molecular complexity index is 472. The molecule has 1 N–H and O–H groups in total. The monoisotopic (exact) mass is 370 g/mol. The molecule has 150 valence electrons. The number of amides is 2. The van der Waals surface area contributed by atoms with Gasteiger partial charge in [0.1, 0.15) is 0 Å². The van der Waals surface area contributed by atoms with Gasteiger partial charge in [-0.1, -0.05) is 44.6 Å². The number of hydrogen-bond donors (Lipinski definition) is 1. The van der Waals surface area contributed by atoms with Crippen LogP contribution >= 0.6 is 0 Å². The maximum atomic E-state index is 13.1. The highest BCUT2D eigenvalue weighted by Crippen LogP contribution is 2.22. The Balaban J connectivity index is 5.59. The summed E-state index contributed by atoms with van der Waals surface area (Å²) in [4.78, 5) is 34.8. The van der Waals surface area contributed by atoms with E-state index >= 15 is 0 Å². The van der Waals surface area contributed by atoms with Gasteiger partial charge in [0.25, 0.3) is 12.0 Å². The van der Waals surface area contributed by atoms with Crippen molar-refractivity contribution in [3.63, 3.8) is 0 Å². The van der Waals surface area contributed by atoms with Crippen LogP contribution in [0, 0.1) is 5.92 Å². The van der Waals surface area contributed by atoms with Crippen molar-refractivity contribution in [1.29, 1.82) is 0 Å². The lowest BCUT2D eigenvalue weighted by molar-refractivity contribution is -0.172. The normalized spacial score (nSPS) is 12.4. The number of nitrogens with zero attached hydrogens (tertiary/aromatic N) is 4. The molecule has 1 unspecified atom stereocenters. The molecule has 0 spiro atoms. The predicted molar refractivity (Wildman–Crippen MR) is 98.5 cm³/mol. The molecule has 8 heteroatoms. The molecule has 0 aliphatic rings. The first-order valence-corrected chi connectivity index (χ1v) is 9.32. The molecule has 0 aromatic rings. The van der Waals surface area contributed by atoms with E-state index in [0.29, 0.717) is 18.0 Å². The number of hydrazine groups is 1. The van der Waals surface area contributed by atoms with Gasteiger partial charge in [0.2, 0.25) is 6.41 Å². The third-order valence-corrected chi connectivity index (χ3v) is 4.09. The second-order valence-corrected chi connectivity index (χ2v) is 7.39. The summed E-state index contributed by atoms with van der Waals surface area (Å²) in [7, 11) is 0. The van der Waals surface area contributed by atoms with E-state index in [4.69, 9.17) is 0 Å². The van der Waals surface area contributed by atoms with Crippen molar-refractivity contribution in [2.24, 2.45) is 11.0 Å². The van der Waals surface area contributed by atoms with E-state index in [1.54, 1.807) is 5.01 Å². The van der Waals surface area contributed by atoms with Crippen molar-refractivity contribution in [3.05, 3.63) is 0 Å². The zero-order valence-electron chi connectivity index (χ0n) is 16.8. The maximum absolute atomic E-state index is 13.1. The number of carbonyl (C=O) groups excluding carboxylic acids is 3. The van der Waals surface area contributed by atoms with Crippen molar-refractivity contribution in [3.8, 4) is 0 Å². The summed E-state index contributed by atoms with van der Waals surface area (Å²) in [6, 6.07) is 0. The molecule has 0 aliphatic carbocycles. The molecule has 0 radical (unpaired) electrons. The van der Waals surface area contributed by atoms with Crippen LogP contribution in [0.4, 0.5) is 0 Å². The smallest absolute Gasteiger partial charge is 0.263 e. The van der Waals surface area contributed by atoms with Gasteiger partial charge in [-0.15, -0.1) is 5.12 Å². The predicted octanol–water partition coefficient (Wildman–Crippen LogP) is 2.93. The molecule has 0 rings (SSSR count). The van der Waals surface area contributed by atoms with Gasteiger partial charge < -0.3 is 0 Å². The summed E-state index contributed by atoms with van der Waals surface area (Å²) >= 11 is 0. The average molecular weight is 370 g/mol. The molecule has 0 fully saturated rings. The molecule has 0 aromatic carbocycles. The molecule has 0 aromatic heterocycles. The van der Waals surface area contributed by atoms with E-state index < -0.39 is 17.4 Å². The topological polar surface area (TPSA) is 93.5 Å². The zero-order chi connectivity index (χ0) is 20.2. The zero-order valence-corrected chi connectivity index (χ0v) is 16.8. The molecule has 1 atom stereocenters. The van der Waals surface area contributed by atoms with Gasteiger partial charge in [-0.3, -0.25) is 14.8 Å². The molecular formula is C18H34N4O4. The van der Waals surface area contributed by atoms with E-state index in [1.807, 2.05) is 27.7 Å². The number of hydroxylamine groups is 2. The summed E-state index contributed by atoms with van der Waals surface area (Å²) in [5.41, 5.74) is -0.442. The van der Waals surface area contributed by atoms with Crippen molar-refractivity contribution in [2.75, 3.05) is 13.1 Å². The number of hydrazone groups is 1.